The van der Waals surface area contributed by atoms with Gasteiger partial charge in [0.1, 0.15) is 21.8 Å². The first-order valence-corrected chi connectivity index (χ1v) is 9.75. The van der Waals surface area contributed by atoms with Gasteiger partial charge in [0.15, 0.2) is 0 Å². The van der Waals surface area contributed by atoms with Gasteiger partial charge in [-0.25, -0.2) is 4.79 Å². The predicted octanol–water partition coefficient (Wildman–Crippen LogP) is 4.50. The summed E-state index contributed by atoms with van der Waals surface area (Å²) >= 11 is 2.91. The zero-order valence-electron chi connectivity index (χ0n) is 14.2. The van der Waals surface area contributed by atoms with E-state index >= 15 is 0 Å². The third-order valence-corrected chi connectivity index (χ3v) is 6.28. The summed E-state index contributed by atoms with van der Waals surface area (Å²) < 4.78 is 5.44. The Morgan fingerprint density at radius 1 is 1.15 bits per heavy atom. The minimum atomic E-state index is -0.385. The van der Waals surface area contributed by atoms with E-state index in [9.17, 15) is 9.59 Å². The van der Waals surface area contributed by atoms with Crippen molar-refractivity contribution in [3.63, 3.8) is 0 Å². The molecule has 0 spiro atoms. The number of anilines is 1. The van der Waals surface area contributed by atoms with Crippen LogP contribution >= 0.6 is 22.7 Å². The van der Waals surface area contributed by atoms with Crippen molar-refractivity contribution in [3.8, 4) is 5.75 Å². The number of fused-ring (bicyclic) bond motifs is 1. The van der Waals surface area contributed by atoms with Gasteiger partial charge in [0.25, 0.3) is 5.91 Å². The highest BCUT2D eigenvalue weighted by atomic mass is 32.1. The maximum atomic E-state index is 12.5. The van der Waals surface area contributed by atoms with Crippen molar-refractivity contribution < 1.29 is 14.3 Å². The molecule has 132 valence electrons. The second kappa shape index (κ2) is 6.59. The van der Waals surface area contributed by atoms with Crippen LogP contribution in [0.2, 0.25) is 0 Å². The number of nitrogens with one attached hydrogen (secondary N) is 2. The Bertz CT molecular complexity index is 992. The average molecular weight is 384 g/mol. The summed E-state index contributed by atoms with van der Waals surface area (Å²) in [5.74, 6) is -0.0301. The standard InChI is InChI=1S/C19H16N2O3S2/c1-10-11(2)26-18-15(10)17(22)20-16(21-18)12-5-3-6-13(9-12)24-19(23)14-7-4-8-25-14/h3-9,16,21H,1-2H3,(H,20,22). The normalized spacial score (nSPS) is 15.8. The van der Waals surface area contributed by atoms with Crippen LogP contribution in [0, 0.1) is 13.8 Å². The summed E-state index contributed by atoms with van der Waals surface area (Å²) in [6.45, 7) is 3.96. The molecule has 0 radical (unpaired) electrons. The van der Waals surface area contributed by atoms with E-state index in [2.05, 4.69) is 10.6 Å². The molecule has 26 heavy (non-hydrogen) atoms. The van der Waals surface area contributed by atoms with Gasteiger partial charge in [-0.2, -0.15) is 0 Å². The monoisotopic (exact) mass is 384 g/mol. The smallest absolute Gasteiger partial charge is 0.353 e. The second-order valence-corrected chi connectivity index (χ2v) is 8.15. The number of thiophene rings is 2. The Balaban J connectivity index is 1.57. The molecule has 1 amide bonds. The first kappa shape index (κ1) is 16.8. The molecular formula is C19H16N2O3S2. The zero-order valence-corrected chi connectivity index (χ0v) is 15.8. The zero-order chi connectivity index (χ0) is 18.3. The van der Waals surface area contributed by atoms with Crippen molar-refractivity contribution in [2.24, 2.45) is 0 Å². The van der Waals surface area contributed by atoms with Crippen LogP contribution in [0.3, 0.4) is 0 Å². The highest BCUT2D eigenvalue weighted by molar-refractivity contribution is 7.16. The molecule has 0 fully saturated rings. The van der Waals surface area contributed by atoms with Gasteiger partial charge < -0.3 is 15.4 Å². The number of ether oxygens (including phenoxy) is 1. The maximum absolute atomic E-state index is 12.5. The Morgan fingerprint density at radius 3 is 2.77 bits per heavy atom. The Morgan fingerprint density at radius 2 is 2.00 bits per heavy atom. The molecule has 4 rings (SSSR count). The lowest BCUT2D eigenvalue weighted by Crippen LogP contribution is -2.38. The summed E-state index contributed by atoms with van der Waals surface area (Å²) in [4.78, 5) is 26.3. The van der Waals surface area contributed by atoms with Crippen molar-refractivity contribution >= 4 is 39.6 Å². The molecule has 1 aliphatic heterocycles. The van der Waals surface area contributed by atoms with Gasteiger partial charge in [-0.15, -0.1) is 22.7 Å². The van der Waals surface area contributed by atoms with Crippen LogP contribution in [-0.2, 0) is 0 Å². The lowest BCUT2D eigenvalue weighted by molar-refractivity contribution is 0.0739. The number of carbonyl (C=O) groups excluding carboxylic acids is 2. The number of rotatable bonds is 3. The molecule has 1 unspecified atom stereocenters. The maximum Gasteiger partial charge on any atom is 0.353 e. The number of esters is 1. The SMILES string of the molecule is Cc1sc2c(c1C)C(=O)NC(c1cccc(OC(=O)c3cccs3)c1)N2. The molecule has 0 saturated heterocycles. The second-order valence-electron chi connectivity index (χ2n) is 5.98. The summed E-state index contributed by atoms with van der Waals surface area (Å²) in [7, 11) is 0. The van der Waals surface area contributed by atoms with Gasteiger partial charge in [-0.05, 0) is 48.6 Å². The molecule has 1 aromatic carbocycles. The van der Waals surface area contributed by atoms with Gasteiger partial charge in [0.2, 0.25) is 0 Å². The molecule has 3 aromatic rings. The fourth-order valence-electron chi connectivity index (χ4n) is 2.85. The Kier molecular flexibility index (Phi) is 4.26. The van der Waals surface area contributed by atoms with Gasteiger partial charge in [0.05, 0.1) is 5.56 Å². The van der Waals surface area contributed by atoms with Crippen LogP contribution in [0.25, 0.3) is 0 Å². The van der Waals surface area contributed by atoms with Crippen molar-refractivity contribution in [3.05, 3.63) is 68.2 Å². The number of carbonyl (C=O) groups is 2. The molecule has 2 N–H and O–H groups in total. The van der Waals surface area contributed by atoms with Crippen LogP contribution in [0.5, 0.6) is 5.75 Å². The van der Waals surface area contributed by atoms with Crippen molar-refractivity contribution in [2.45, 2.75) is 20.0 Å². The lowest BCUT2D eigenvalue weighted by Gasteiger charge is -2.26. The fourth-order valence-corrected chi connectivity index (χ4v) is 4.53. The minimum Gasteiger partial charge on any atom is -0.422 e. The summed E-state index contributed by atoms with van der Waals surface area (Å²) in [6, 6.07) is 10.7. The van der Waals surface area contributed by atoms with Crippen LogP contribution in [0.15, 0.2) is 41.8 Å². The molecule has 1 aliphatic rings. The quantitative estimate of drug-likeness (QED) is 0.515. The Hall–Kier alpha value is -2.64. The number of hydrogen-bond acceptors (Lipinski definition) is 6. The predicted molar refractivity (Wildman–Crippen MR) is 103 cm³/mol. The Labute approximate surface area is 158 Å². The van der Waals surface area contributed by atoms with Crippen molar-refractivity contribution in [1.29, 1.82) is 0 Å². The van der Waals surface area contributed by atoms with E-state index in [4.69, 9.17) is 4.74 Å². The van der Waals surface area contributed by atoms with Crippen molar-refractivity contribution in [2.75, 3.05) is 5.32 Å². The minimum absolute atomic E-state index is 0.0911. The number of aryl methyl sites for hydroxylation is 1. The van der Waals surface area contributed by atoms with Gasteiger partial charge in [0, 0.05) is 4.88 Å². The van der Waals surface area contributed by atoms with Gasteiger partial charge in [-0.1, -0.05) is 18.2 Å². The van der Waals surface area contributed by atoms with E-state index in [-0.39, 0.29) is 18.0 Å². The summed E-state index contributed by atoms with van der Waals surface area (Å²) in [5.41, 5.74) is 2.54. The topological polar surface area (TPSA) is 67.4 Å². The molecular weight excluding hydrogens is 368 g/mol. The van der Waals surface area contributed by atoms with Crippen molar-refractivity contribution in [1.82, 2.24) is 5.32 Å². The molecule has 0 aliphatic carbocycles. The molecule has 0 saturated carbocycles. The first-order chi connectivity index (χ1) is 12.5. The third kappa shape index (κ3) is 3.00. The molecule has 7 heteroatoms. The molecule has 2 aromatic heterocycles. The van der Waals surface area contributed by atoms with E-state index in [0.29, 0.717) is 16.2 Å². The number of benzene rings is 1. The first-order valence-electron chi connectivity index (χ1n) is 8.06. The molecule has 1 atom stereocenters. The number of amides is 1. The highest BCUT2D eigenvalue weighted by Gasteiger charge is 2.29. The van der Waals surface area contributed by atoms with Crippen LogP contribution < -0.4 is 15.4 Å². The highest BCUT2D eigenvalue weighted by Crippen LogP contribution is 2.37. The van der Waals surface area contributed by atoms with E-state index < -0.39 is 0 Å². The van der Waals surface area contributed by atoms with E-state index in [0.717, 1.165) is 21.0 Å². The lowest BCUT2D eigenvalue weighted by atomic mass is 10.1. The van der Waals surface area contributed by atoms with Gasteiger partial charge in [-0.3, -0.25) is 4.79 Å². The number of hydrogen-bond donors (Lipinski definition) is 2. The summed E-state index contributed by atoms with van der Waals surface area (Å²) in [5, 5.41) is 9.03. The van der Waals surface area contributed by atoms with Crippen LogP contribution in [-0.4, -0.2) is 11.9 Å². The summed E-state index contributed by atoms with van der Waals surface area (Å²) in [6.07, 6.45) is -0.368. The molecule has 3 heterocycles. The van der Waals surface area contributed by atoms with Crippen LogP contribution in [0.1, 0.15) is 42.2 Å². The van der Waals surface area contributed by atoms with E-state index in [1.807, 2.05) is 31.4 Å². The van der Waals surface area contributed by atoms with Gasteiger partial charge >= 0.3 is 5.97 Å². The molecule has 0 bridgehead atoms. The molecule has 5 nitrogen and oxygen atoms in total. The third-order valence-electron chi connectivity index (χ3n) is 4.29. The van der Waals surface area contributed by atoms with E-state index in [1.165, 1.54) is 11.3 Å². The van der Waals surface area contributed by atoms with Crippen LogP contribution in [0.4, 0.5) is 5.00 Å². The van der Waals surface area contributed by atoms with E-state index in [1.54, 1.807) is 35.6 Å². The fraction of sp³-hybridized carbons (Fsp3) is 0.158. The largest absolute Gasteiger partial charge is 0.422 e. The average Bonchev–Trinajstić information content (AvgIpc) is 3.24.